The summed E-state index contributed by atoms with van der Waals surface area (Å²) < 4.78 is 0. The summed E-state index contributed by atoms with van der Waals surface area (Å²) in [6, 6.07) is 10.3. The van der Waals surface area contributed by atoms with E-state index in [1.54, 1.807) is 0 Å². The van der Waals surface area contributed by atoms with E-state index >= 15 is 0 Å². The zero-order valence-electron chi connectivity index (χ0n) is 17.2. The molecule has 0 saturated carbocycles. The van der Waals surface area contributed by atoms with Gasteiger partial charge in [0.05, 0.1) is 18.4 Å². The number of H-pyrrole nitrogens is 1. The predicted molar refractivity (Wildman–Crippen MR) is 127 cm³/mol. The lowest BCUT2D eigenvalue weighted by molar-refractivity contribution is 0.186. The number of benzene rings is 1. The second-order valence-electron chi connectivity index (χ2n) is 7.49. The lowest BCUT2D eigenvalue weighted by Gasteiger charge is -2.31. The van der Waals surface area contributed by atoms with Crippen LogP contribution < -0.4 is 5.32 Å². The fourth-order valence-corrected chi connectivity index (χ4v) is 3.71. The maximum atomic E-state index is 4.52. The van der Waals surface area contributed by atoms with Crippen LogP contribution in [0.15, 0.2) is 41.5 Å². The van der Waals surface area contributed by atoms with Gasteiger partial charge in [0.1, 0.15) is 5.82 Å². The summed E-state index contributed by atoms with van der Waals surface area (Å²) >= 11 is 0. The molecule has 1 fully saturated rings. The van der Waals surface area contributed by atoms with Crippen LogP contribution in [0, 0.1) is 5.92 Å². The number of nitrogens with one attached hydrogen (secondary N) is 2. The topological polar surface area (TPSA) is 59.6 Å². The zero-order chi connectivity index (χ0) is 19.1. The summed E-state index contributed by atoms with van der Waals surface area (Å²) in [5.41, 5.74) is 2.19. The van der Waals surface area contributed by atoms with Gasteiger partial charge in [-0.3, -0.25) is 4.99 Å². The largest absolute Gasteiger partial charge is 0.355 e. The summed E-state index contributed by atoms with van der Waals surface area (Å²) in [6.07, 6.45) is 4.58. The van der Waals surface area contributed by atoms with Gasteiger partial charge in [0.2, 0.25) is 0 Å². The van der Waals surface area contributed by atoms with Crippen molar-refractivity contribution in [1.82, 2.24) is 25.1 Å². The summed E-state index contributed by atoms with van der Waals surface area (Å²) in [4.78, 5) is 17.0. The van der Waals surface area contributed by atoms with Crippen molar-refractivity contribution in [2.24, 2.45) is 10.9 Å². The number of imidazole rings is 1. The highest BCUT2D eigenvalue weighted by Crippen LogP contribution is 2.16. The van der Waals surface area contributed by atoms with Crippen LogP contribution in [-0.4, -0.2) is 66.0 Å². The maximum absolute atomic E-state index is 4.52. The quantitative estimate of drug-likeness (QED) is 0.366. The Morgan fingerprint density at radius 2 is 2.14 bits per heavy atom. The zero-order valence-corrected chi connectivity index (χ0v) is 19.5. The van der Waals surface area contributed by atoms with Gasteiger partial charge >= 0.3 is 0 Å². The Kier molecular flexibility index (Phi) is 9.24. The number of nitrogens with zero attached hydrogens (tertiary/aromatic N) is 4. The molecule has 28 heavy (non-hydrogen) atoms. The molecule has 2 aromatic rings. The van der Waals surface area contributed by atoms with E-state index in [1.807, 2.05) is 38.5 Å². The number of likely N-dealkylation sites (tertiary alicyclic amines) is 1. The molecular weight excluding hydrogens is 463 g/mol. The van der Waals surface area contributed by atoms with E-state index in [2.05, 4.69) is 49.1 Å². The van der Waals surface area contributed by atoms with Gasteiger partial charge in [0.15, 0.2) is 5.96 Å². The van der Waals surface area contributed by atoms with Crippen LogP contribution in [0.4, 0.5) is 0 Å². The molecular formula is C21H33IN6. The number of rotatable bonds is 6. The van der Waals surface area contributed by atoms with Crippen LogP contribution in [0.5, 0.6) is 0 Å². The number of piperidine rings is 1. The normalized spacial score (nSPS) is 17.8. The molecule has 7 heteroatoms. The first-order valence-electron chi connectivity index (χ1n) is 9.89. The molecule has 0 radical (unpaired) electrons. The summed E-state index contributed by atoms with van der Waals surface area (Å²) in [7, 11) is 3.88. The molecule has 1 aliphatic heterocycles. The van der Waals surface area contributed by atoms with E-state index in [9.17, 15) is 0 Å². The fourth-order valence-electron chi connectivity index (χ4n) is 3.71. The molecule has 0 aliphatic carbocycles. The van der Waals surface area contributed by atoms with E-state index < -0.39 is 0 Å². The summed E-state index contributed by atoms with van der Waals surface area (Å²) in [5.74, 6) is 2.65. The molecule has 2 N–H and O–H groups in total. The fraction of sp³-hybridized carbons (Fsp3) is 0.524. The lowest BCUT2D eigenvalue weighted by atomic mass is 10.0. The van der Waals surface area contributed by atoms with Crippen molar-refractivity contribution < 1.29 is 0 Å². The van der Waals surface area contributed by atoms with Crippen molar-refractivity contribution in [3.05, 3.63) is 42.4 Å². The van der Waals surface area contributed by atoms with Gasteiger partial charge in [-0.2, -0.15) is 0 Å². The van der Waals surface area contributed by atoms with Crippen LogP contribution >= 0.6 is 24.0 Å². The monoisotopic (exact) mass is 496 g/mol. The minimum Gasteiger partial charge on any atom is -0.355 e. The molecule has 0 spiro atoms. The van der Waals surface area contributed by atoms with Crippen molar-refractivity contribution in [2.75, 3.05) is 40.3 Å². The Morgan fingerprint density at radius 1 is 1.36 bits per heavy atom. The molecule has 1 atom stereocenters. The SMILES string of the molecule is CN=C(NCCN1CCCC(C)C1)N(C)Cc1ncc(-c2ccccc2)[nH]1.I. The number of guanidine groups is 1. The predicted octanol–water partition coefficient (Wildman–Crippen LogP) is 3.43. The second kappa shape index (κ2) is 11.4. The van der Waals surface area contributed by atoms with Gasteiger partial charge in [-0.15, -0.1) is 24.0 Å². The number of aliphatic imine (C=N–C) groups is 1. The molecule has 2 heterocycles. The highest BCUT2D eigenvalue weighted by atomic mass is 127. The van der Waals surface area contributed by atoms with Crippen molar-refractivity contribution >= 4 is 29.9 Å². The molecule has 1 unspecified atom stereocenters. The minimum absolute atomic E-state index is 0. The van der Waals surface area contributed by atoms with E-state index in [0.717, 1.165) is 42.0 Å². The Bertz CT molecular complexity index is 730. The summed E-state index contributed by atoms with van der Waals surface area (Å²) in [6.45, 7) is 7.44. The maximum Gasteiger partial charge on any atom is 0.193 e. The number of aromatic amines is 1. The number of aromatic nitrogens is 2. The molecule has 3 rings (SSSR count). The average molecular weight is 496 g/mol. The molecule has 1 aromatic carbocycles. The van der Waals surface area contributed by atoms with Crippen molar-refractivity contribution in [3.8, 4) is 11.3 Å². The van der Waals surface area contributed by atoms with E-state index in [-0.39, 0.29) is 24.0 Å². The Balaban J connectivity index is 0.00000280. The smallest absolute Gasteiger partial charge is 0.193 e. The number of halogens is 1. The molecule has 6 nitrogen and oxygen atoms in total. The first-order valence-corrected chi connectivity index (χ1v) is 9.89. The van der Waals surface area contributed by atoms with E-state index in [4.69, 9.17) is 0 Å². The third-order valence-corrected chi connectivity index (χ3v) is 5.13. The highest BCUT2D eigenvalue weighted by Gasteiger charge is 2.16. The first-order chi connectivity index (χ1) is 13.2. The minimum atomic E-state index is 0. The van der Waals surface area contributed by atoms with Gasteiger partial charge in [0.25, 0.3) is 0 Å². The van der Waals surface area contributed by atoms with Crippen LogP contribution in [0.25, 0.3) is 11.3 Å². The molecule has 1 aliphatic rings. The highest BCUT2D eigenvalue weighted by molar-refractivity contribution is 14.0. The van der Waals surface area contributed by atoms with Gasteiger partial charge in [-0.1, -0.05) is 37.3 Å². The molecule has 0 bridgehead atoms. The van der Waals surface area contributed by atoms with Gasteiger partial charge in [-0.25, -0.2) is 4.98 Å². The standard InChI is InChI=1S/C21H32N6.HI/c1-17-8-7-12-27(15-17)13-11-23-21(22-2)26(3)16-20-24-14-19(25-20)18-9-5-4-6-10-18;/h4-6,9-10,14,17H,7-8,11-13,15-16H2,1-3H3,(H,22,23)(H,24,25);1H. The first kappa shape index (κ1) is 22.7. The Morgan fingerprint density at radius 3 is 2.86 bits per heavy atom. The average Bonchev–Trinajstić information content (AvgIpc) is 3.14. The molecule has 1 aromatic heterocycles. The Labute approximate surface area is 185 Å². The molecule has 0 amide bonds. The Hall–Kier alpha value is -1.61. The van der Waals surface area contributed by atoms with Gasteiger partial charge in [-0.05, 0) is 30.9 Å². The van der Waals surface area contributed by atoms with E-state index in [1.165, 1.54) is 25.9 Å². The molecule has 154 valence electrons. The molecule has 1 saturated heterocycles. The van der Waals surface area contributed by atoms with Gasteiger partial charge in [0, 0.05) is 33.7 Å². The van der Waals surface area contributed by atoms with Crippen LogP contribution in [-0.2, 0) is 6.54 Å². The van der Waals surface area contributed by atoms with Crippen LogP contribution in [0.3, 0.4) is 0 Å². The number of hydrogen-bond acceptors (Lipinski definition) is 3. The third kappa shape index (κ3) is 6.48. The lowest BCUT2D eigenvalue weighted by Crippen LogP contribution is -2.44. The summed E-state index contributed by atoms with van der Waals surface area (Å²) in [5, 5.41) is 3.48. The van der Waals surface area contributed by atoms with Gasteiger partial charge < -0.3 is 20.1 Å². The van der Waals surface area contributed by atoms with Crippen molar-refractivity contribution in [2.45, 2.75) is 26.3 Å². The van der Waals surface area contributed by atoms with Crippen molar-refractivity contribution in [3.63, 3.8) is 0 Å². The van der Waals surface area contributed by atoms with Crippen molar-refractivity contribution in [1.29, 1.82) is 0 Å². The van der Waals surface area contributed by atoms with Crippen LogP contribution in [0.1, 0.15) is 25.6 Å². The van der Waals surface area contributed by atoms with E-state index in [0.29, 0.717) is 6.54 Å². The number of hydrogen-bond donors (Lipinski definition) is 2. The third-order valence-electron chi connectivity index (χ3n) is 5.13. The second-order valence-corrected chi connectivity index (χ2v) is 7.49. The van der Waals surface area contributed by atoms with Crippen LogP contribution in [0.2, 0.25) is 0 Å².